The lowest BCUT2D eigenvalue weighted by Crippen LogP contribution is -2.43. The van der Waals surface area contributed by atoms with Crippen molar-refractivity contribution in [1.29, 1.82) is 0 Å². The molecule has 118 valence electrons. The molecule has 5 heteroatoms. The standard InChI is InChI=1S/C16H23F3N2/c1-2-7-21(11-13-5-3-4-6-20-13)10-12-8-14(17)16(19)15(18)9-12/h8-9,13,20H,2-7,10-11H2,1H3. The summed E-state index contributed by atoms with van der Waals surface area (Å²) in [4.78, 5) is 2.18. The minimum atomic E-state index is -1.39. The van der Waals surface area contributed by atoms with E-state index in [1.165, 1.54) is 12.8 Å². The van der Waals surface area contributed by atoms with Crippen molar-refractivity contribution in [2.24, 2.45) is 0 Å². The lowest BCUT2D eigenvalue weighted by atomic mass is 10.0. The third-order valence-corrected chi connectivity index (χ3v) is 3.88. The average Bonchev–Trinajstić information content (AvgIpc) is 2.46. The highest BCUT2D eigenvalue weighted by Crippen LogP contribution is 2.16. The molecule has 0 spiro atoms. The molecule has 1 fully saturated rings. The van der Waals surface area contributed by atoms with Gasteiger partial charge in [0.15, 0.2) is 17.5 Å². The molecular formula is C16H23F3N2. The zero-order valence-electron chi connectivity index (χ0n) is 12.5. The quantitative estimate of drug-likeness (QED) is 0.809. The van der Waals surface area contributed by atoms with E-state index in [4.69, 9.17) is 0 Å². The summed E-state index contributed by atoms with van der Waals surface area (Å²) in [5.41, 5.74) is 0.482. The number of piperidine rings is 1. The molecule has 1 unspecified atom stereocenters. The van der Waals surface area contributed by atoms with Crippen LogP contribution in [0.25, 0.3) is 0 Å². The largest absolute Gasteiger partial charge is 0.313 e. The first-order valence-corrected chi connectivity index (χ1v) is 7.69. The number of hydrogen-bond acceptors (Lipinski definition) is 2. The van der Waals surface area contributed by atoms with Crippen molar-refractivity contribution in [1.82, 2.24) is 10.2 Å². The molecule has 2 rings (SSSR count). The minimum Gasteiger partial charge on any atom is -0.313 e. The number of nitrogens with zero attached hydrogens (tertiary/aromatic N) is 1. The van der Waals surface area contributed by atoms with E-state index >= 15 is 0 Å². The van der Waals surface area contributed by atoms with Crippen molar-refractivity contribution in [2.45, 2.75) is 45.2 Å². The van der Waals surface area contributed by atoms with Crippen LogP contribution in [0.1, 0.15) is 38.2 Å². The second-order valence-electron chi connectivity index (χ2n) is 5.76. The van der Waals surface area contributed by atoms with E-state index in [0.717, 1.165) is 44.6 Å². The van der Waals surface area contributed by atoms with Crippen molar-refractivity contribution >= 4 is 0 Å². The van der Waals surface area contributed by atoms with Crippen molar-refractivity contribution in [3.8, 4) is 0 Å². The lowest BCUT2D eigenvalue weighted by Gasteiger charge is -2.30. The Hall–Kier alpha value is -1.07. The summed E-state index contributed by atoms with van der Waals surface area (Å²) in [5, 5.41) is 3.48. The fourth-order valence-corrected chi connectivity index (χ4v) is 2.90. The molecule has 1 aliphatic rings. The van der Waals surface area contributed by atoms with Gasteiger partial charge in [0.05, 0.1) is 0 Å². The summed E-state index contributed by atoms with van der Waals surface area (Å²) in [5.74, 6) is -3.62. The van der Waals surface area contributed by atoms with E-state index < -0.39 is 17.5 Å². The fourth-order valence-electron chi connectivity index (χ4n) is 2.90. The first-order chi connectivity index (χ1) is 10.1. The van der Waals surface area contributed by atoms with E-state index in [1.54, 1.807) is 0 Å². The number of hydrogen-bond donors (Lipinski definition) is 1. The smallest absolute Gasteiger partial charge is 0.194 e. The maximum absolute atomic E-state index is 13.3. The van der Waals surface area contributed by atoms with Crippen LogP contribution in [-0.4, -0.2) is 30.6 Å². The van der Waals surface area contributed by atoms with Crippen LogP contribution in [0.3, 0.4) is 0 Å². The summed E-state index contributed by atoms with van der Waals surface area (Å²) >= 11 is 0. The molecule has 1 N–H and O–H groups in total. The van der Waals surface area contributed by atoms with Gasteiger partial charge >= 0.3 is 0 Å². The van der Waals surface area contributed by atoms with Crippen molar-refractivity contribution in [3.05, 3.63) is 35.1 Å². The molecule has 1 saturated heterocycles. The second kappa shape index (κ2) is 7.80. The maximum Gasteiger partial charge on any atom is 0.194 e. The van der Waals surface area contributed by atoms with Crippen LogP contribution in [-0.2, 0) is 6.54 Å². The van der Waals surface area contributed by atoms with Gasteiger partial charge in [-0.1, -0.05) is 13.3 Å². The normalized spacial score (nSPS) is 19.2. The van der Waals surface area contributed by atoms with Crippen LogP contribution >= 0.6 is 0 Å². The third-order valence-electron chi connectivity index (χ3n) is 3.88. The van der Waals surface area contributed by atoms with Crippen LogP contribution < -0.4 is 5.32 Å². The highest BCUT2D eigenvalue weighted by molar-refractivity contribution is 5.19. The molecule has 21 heavy (non-hydrogen) atoms. The summed E-state index contributed by atoms with van der Waals surface area (Å²) in [7, 11) is 0. The van der Waals surface area contributed by atoms with Gasteiger partial charge in [-0.25, -0.2) is 13.2 Å². The van der Waals surface area contributed by atoms with E-state index in [1.807, 2.05) is 0 Å². The van der Waals surface area contributed by atoms with Gasteiger partial charge in [0.2, 0.25) is 0 Å². The van der Waals surface area contributed by atoms with Gasteiger partial charge in [-0.15, -0.1) is 0 Å². The Morgan fingerprint density at radius 3 is 2.48 bits per heavy atom. The van der Waals surface area contributed by atoms with Gasteiger partial charge in [-0.3, -0.25) is 4.90 Å². The average molecular weight is 300 g/mol. The highest BCUT2D eigenvalue weighted by Gasteiger charge is 2.18. The Balaban J connectivity index is 2.01. The molecule has 0 saturated carbocycles. The third kappa shape index (κ3) is 4.71. The molecule has 0 bridgehead atoms. The Morgan fingerprint density at radius 1 is 1.19 bits per heavy atom. The molecule has 0 radical (unpaired) electrons. The zero-order valence-corrected chi connectivity index (χ0v) is 12.5. The van der Waals surface area contributed by atoms with Gasteiger partial charge in [-0.2, -0.15) is 0 Å². The van der Waals surface area contributed by atoms with E-state index in [2.05, 4.69) is 17.1 Å². The van der Waals surface area contributed by atoms with E-state index in [0.29, 0.717) is 18.2 Å². The van der Waals surface area contributed by atoms with Crippen LogP contribution in [0.5, 0.6) is 0 Å². The molecule has 1 aliphatic heterocycles. The van der Waals surface area contributed by atoms with Gasteiger partial charge in [0.1, 0.15) is 0 Å². The molecule has 0 aliphatic carbocycles. The van der Waals surface area contributed by atoms with E-state index in [9.17, 15) is 13.2 Å². The molecule has 1 aromatic rings. The van der Waals surface area contributed by atoms with Crippen LogP contribution in [0.15, 0.2) is 12.1 Å². The Morgan fingerprint density at radius 2 is 1.90 bits per heavy atom. The predicted molar refractivity (Wildman–Crippen MR) is 77.5 cm³/mol. The number of benzene rings is 1. The molecule has 2 nitrogen and oxygen atoms in total. The maximum atomic E-state index is 13.3. The molecular weight excluding hydrogens is 277 g/mol. The highest BCUT2D eigenvalue weighted by atomic mass is 19.2. The Bertz CT molecular complexity index is 436. The number of halogens is 3. The first-order valence-electron chi connectivity index (χ1n) is 7.69. The van der Waals surface area contributed by atoms with Crippen LogP contribution in [0.2, 0.25) is 0 Å². The SMILES string of the molecule is CCCN(Cc1cc(F)c(F)c(F)c1)CC1CCCCN1. The van der Waals surface area contributed by atoms with Crippen molar-refractivity contribution < 1.29 is 13.2 Å². The van der Waals surface area contributed by atoms with Crippen LogP contribution in [0.4, 0.5) is 13.2 Å². The molecule has 1 aromatic carbocycles. The van der Waals surface area contributed by atoms with Gasteiger partial charge in [-0.05, 0) is 50.0 Å². The fraction of sp³-hybridized carbons (Fsp3) is 0.625. The second-order valence-corrected chi connectivity index (χ2v) is 5.76. The minimum absolute atomic E-state index is 0.431. The number of nitrogens with one attached hydrogen (secondary N) is 1. The summed E-state index contributed by atoms with van der Waals surface area (Å²) in [6.45, 7) is 5.27. The topological polar surface area (TPSA) is 15.3 Å². The number of rotatable bonds is 6. The predicted octanol–water partition coefficient (Wildman–Crippen LogP) is 3.46. The van der Waals surface area contributed by atoms with E-state index in [-0.39, 0.29) is 0 Å². The molecule has 1 heterocycles. The molecule has 0 aromatic heterocycles. The van der Waals surface area contributed by atoms with Crippen LogP contribution in [0, 0.1) is 17.5 Å². The summed E-state index contributed by atoms with van der Waals surface area (Å²) in [6, 6.07) is 2.62. The van der Waals surface area contributed by atoms with Gasteiger partial charge in [0, 0.05) is 19.1 Å². The molecule has 0 amide bonds. The van der Waals surface area contributed by atoms with Gasteiger partial charge in [0.25, 0.3) is 0 Å². The Kier molecular flexibility index (Phi) is 6.06. The molecule has 1 atom stereocenters. The summed E-state index contributed by atoms with van der Waals surface area (Å²) in [6.07, 6.45) is 4.53. The monoisotopic (exact) mass is 300 g/mol. The zero-order chi connectivity index (χ0) is 15.2. The van der Waals surface area contributed by atoms with Crippen molar-refractivity contribution in [2.75, 3.05) is 19.6 Å². The Labute approximate surface area is 124 Å². The van der Waals surface area contributed by atoms with Gasteiger partial charge < -0.3 is 5.32 Å². The van der Waals surface area contributed by atoms with Crippen molar-refractivity contribution in [3.63, 3.8) is 0 Å². The first kappa shape index (κ1) is 16.3. The lowest BCUT2D eigenvalue weighted by molar-refractivity contribution is 0.216. The summed E-state index contributed by atoms with van der Waals surface area (Å²) < 4.78 is 39.6.